The van der Waals surface area contributed by atoms with Gasteiger partial charge in [-0.05, 0) is 0 Å². The van der Waals surface area contributed by atoms with Crippen LogP contribution in [0.3, 0.4) is 0 Å². The molecule has 1 aromatic carbocycles. The van der Waals surface area contributed by atoms with Crippen LogP contribution in [0.15, 0.2) is 59.7 Å². The van der Waals surface area contributed by atoms with Crippen molar-refractivity contribution in [2.24, 2.45) is 0 Å². The molecule has 0 saturated carbocycles. The third kappa shape index (κ3) is 2.58. The Hall–Kier alpha value is -3.28. The summed E-state index contributed by atoms with van der Waals surface area (Å²) in [5.74, 6) is -3.00. The lowest BCUT2D eigenvalue weighted by molar-refractivity contribution is -0.136. The van der Waals surface area contributed by atoms with E-state index in [0.29, 0.717) is 0 Å². The molecule has 0 atom stereocenters. The topological polar surface area (TPSA) is 86.7 Å². The zero-order valence-electron chi connectivity index (χ0n) is 13.2. The molecule has 0 aromatic heterocycles. The van der Waals surface area contributed by atoms with E-state index in [2.05, 4.69) is 22.6 Å². The van der Waals surface area contributed by atoms with Crippen molar-refractivity contribution in [1.82, 2.24) is 0 Å². The molecule has 0 amide bonds. The Bertz CT molecular complexity index is 772. The van der Waals surface area contributed by atoms with Crippen molar-refractivity contribution in [3.8, 4) is 0 Å². The number of esters is 2. The van der Waals surface area contributed by atoms with E-state index in [9.17, 15) is 19.2 Å². The quantitative estimate of drug-likeness (QED) is 0.619. The molecule has 0 bridgehead atoms. The van der Waals surface area contributed by atoms with Crippen LogP contribution in [0.1, 0.15) is 20.7 Å². The molecule has 0 aliphatic heterocycles. The molecule has 1 aromatic rings. The number of ether oxygens (including phenoxy) is 2. The lowest BCUT2D eigenvalue weighted by atomic mass is 9.79. The summed E-state index contributed by atoms with van der Waals surface area (Å²) in [5.41, 5.74) is -1.04. The number of methoxy groups -OCH3 is 2. The molecule has 122 valence electrons. The van der Waals surface area contributed by atoms with Gasteiger partial charge in [-0.1, -0.05) is 37.4 Å². The lowest BCUT2D eigenvalue weighted by Crippen LogP contribution is -2.28. The largest absolute Gasteiger partial charge is 0.465 e. The van der Waals surface area contributed by atoms with Crippen LogP contribution >= 0.6 is 0 Å². The molecule has 0 fully saturated rings. The van der Waals surface area contributed by atoms with E-state index in [0.717, 1.165) is 14.2 Å². The van der Waals surface area contributed by atoms with Gasteiger partial charge < -0.3 is 9.47 Å². The molecule has 0 radical (unpaired) electrons. The minimum atomic E-state index is -0.888. The lowest BCUT2D eigenvalue weighted by Gasteiger charge is -2.22. The summed E-state index contributed by atoms with van der Waals surface area (Å²) < 4.78 is 9.14. The first-order valence-electron chi connectivity index (χ1n) is 6.83. The minimum Gasteiger partial charge on any atom is -0.465 e. The Balaban J connectivity index is 2.77. The number of rotatable bonds is 4. The van der Waals surface area contributed by atoms with Gasteiger partial charge in [0, 0.05) is 22.3 Å². The second-order valence-corrected chi connectivity index (χ2v) is 4.89. The average molecular weight is 326 g/mol. The maximum absolute atomic E-state index is 12.8. The minimum absolute atomic E-state index is 0.115. The third-order valence-corrected chi connectivity index (χ3v) is 3.59. The highest BCUT2D eigenvalue weighted by Gasteiger charge is 2.37. The van der Waals surface area contributed by atoms with Crippen molar-refractivity contribution in [1.29, 1.82) is 0 Å². The van der Waals surface area contributed by atoms with E-state index in [1.807, 2.05) is 0 Å². The van der Waals surface area contributed by atoms with Crippen LogP contribution in [0.5, 0.6) is 0 Å². The maximum Gasteiger partial charge on any atom is 0.338 e. The molecule has 0 spiro atoms. The van der Waals surface area contributed by atoms with Gasteiger partial charge in [0.25, 0.3) is 0 Å². The number of carbonyl (C=O) groups is 4. The van der Waals surface area contributed by atoms with Crippen LogP contribution in [0.4, 0.5) is 0 Å². The highest BCUT2D eigenvalue weighted by molar-refractivity contribution is 6.33. The van der Waals surface area contributed by atoms with E-state index in [4.69, 9.17) is 0 Å². The fourth-order valence-corrected chi connectivity index (χ4v) is 2.40. The van der Waals surface area contributed by atoms with Crippen LogP contribution < -0.4 is 0 Å². The van der Waals surface area contributed by atoms with E-state index in [1.54, 1.807) is 12.1 Å². The van der Waals surface area contributed by atoms with Gasteiger partial charge in [-0.25, -0.2) is 9.59 Å². The van der Waals surface area contributed by atoms with Crippen molar-refractivity contribution >= 4 is 23.5 Å². The molecule has 6 heteroatoms. The fraction of sp³-hybridized carbons (Fsp3) is 0.111. The zero-order chi connectivity index (χ0) is 18.0. The van der Waals surface area contributed by atoms with E-state index >= 15 is 0 Å². The molecule has 0 N–H and O–H groups in total. The van der Waals surface area contributed by atoms with Gasteiger partial charge in [-0.2, -0.15) is 0 Å². The second-order valence-electron chi connectivity index (χ2n) is 4.89. The Morgan fingerprint density at radius 2 is 1.12 bits per heavy atom. The van der Waals surface area contributed by atoms with E-state index < -0.39 is 23.5 Å². The number of fused-ring (bicyclic) bond motifs is 1. The van der Waals surface area contributed by atoms with Crippen molar-refractivity contribution in [2.75, 3.05) is 14.2 Å². The Morgan fingerprint density at radius 3 is 1.42 bits per heavy atom. The van der Waals surface area contributed by atoms with Crippen LogP contribution in [-0.4, -0.2) is 37.7 Å². The normalized spacial score (nSPS) is 13.2. The molecule has 2 rings (SSSR count). The van der Waals surface area contributed by atoms with Gasteiger partial charge >= 0.3 is 11.9 Å². The standard InChI is InChI=1S/C18H14O6/c1-9(17(21)23-3)13-14(10(2)18(22)24-4)16(20)12-8-6-5-7-11(12)15(13)19/h5-8H,1-2H2,3-4H3. The monoisotopic (exact) mass is 326 g/mol. The predicted octanol–water partition coefficient (Wildman–Crippen LogP) is 1.82. The summed E-state index contributed by atoms with van der Waals surface area (Å²) in [4.78, 5) is 49.2. The van der Waals surface area contributed by atoms with Crippen molar-refractivity contribution in [2.45, 2.75) is 0 Å². The number of benzene rings is 1. The van der Waals surface area contributed by atoms with Crippen molar-refractivity contribution < 1.29 is 28.7 Å². The van der Waals surface area contributed by atoms with Gasteiger partial charge in [-0.3, -0.25) is 9.59 Å². The number of hydrogen-bond acceptors (Lipinski definition) is 6. The number of carbonyl (C=O) groups excluding carboxylic acids is 4. The van der Waals surface area contributed by atoms with Crippen molar-refractivity contribution in [3.63, 3.8) is 0 Å². The molecule has 6 nitrogen and oxygen atoms in total. The predicted molar refractivity (Wildman–Crippen MR) is 84.4 cm³/mol. The Kier molecular flexibility index (Phi) is 4.59. The first-order chi connectivity index (χ1) is 11.3. The molecule has 1 aliphatic rings. The Labute approximate surface area is 138 Å². The van der Waals surface area contributed by atoms with Crippen LogP contribution in [0.2, 0.25) is 0 Å². The molecule has 0 heterocycles. The summed E-state index contributed by atoms with van der Waals surface area (Å²) in [7, 11) is 2.23. The molecule has 1 aliphatic carbocycles. The highest BCUT2D eigenvalue weighted by atomic mass is 16.5. The smallest absolute Gasteiger partial charge is 0.338 e. The number of Topliss-reactive ketones (excluding diaryl/α,β-unsaturated/α-hetero) is 2. The van der Waals surface area contributed by atoms with Gasteiger partial charge in [0.2, 0.25) is 0 Å². The van der Waals surface area contributed by atoms with Crippen LogP contribution in [0, 0.1) is 0 Å². The molecular formula is C18H14O6. The molecule has 0 unspecified atom stereocenters. The summed E-state index contributed by atoms with van der Waals surface area (Å²) in [6, 6.07) is 6.08. The fourth-order valence-electron chi connectivity index (χ4n) is 2.40. The molecule has 0 saturated heterocycles. The van der Waals surface area contributed by atoms with Crippen LogP contribution in [0.25, 0.3) is 0 Å². The number of hydrogen-bond donors (Lipinski definition) is 0. The van der Waals surface area contributed by atoms with Gasteiger partial charge in [0.05, 0.1) is 25.4 Å². The van der Waals surface area contributed by atoms with Crippen molar-refractivity contribution in [3.05, 3.63) is 70.8 Å². The van der Waals surface area contributed by atoms with E-state index in [1.165, 1.54) is 12.1 Å². The van der Waals surface area contributed by atoms with Gasteiger partial charge in [-0.15, -0.1) is 0 Å². The van der Waals surface area contributed by atoms with Crippen LogP contribution in [-0.2, 0) is 19.1 Å². The van der Waals surface area contributed by atoms with Gasteiger partial charge in [0.15, 0.2) is 11.6 Å². The highest BCUT2D eigenvalue weighted by Crippen LogP contribution is 2.33. The third-order valence-electron chi connectivity index (χ3n) is 3.59. The molecular weight excluding hydrogens is 312 g/mol. The SMILES string of the molecule is C=C(C(=O)OC)C1=C(C(=C)C(=O)OC)C(=O)c2ccccc2C1=O. The second kappa shape index (κ2) is 6.45. The summed E-state index contributed by atoms with van der Waals surface area (Å²) >= 11 is 0. The first kappa shape index (κ1) is 17.1. The van der Waals surface area contributed by atoms with E-state index in [-0.39, 0.29) is 33.4 Å². The maximum atomic E-state index is 12.8. The number of ketones is 2. The average Bonchev–Trinajstić information content (AvgIpc) is 2.61. The Morgan fingerprint density at radius 1 is 0.792 bits per heavy atom. The summed E-state index contributed by atoms with van der Waals surface area (Å²) in [5, 5.41) is 0. The summed E-state index contributed by atoms with van der Waals surface area (Å²) in [6.07, 6.45) is 0. The zero-order valence-corrected chi connectivity index (χ0v) is 13.2. The van der Waals surface area contributed by atoms with Gasteiger partial charge in [0.1, 0.15) is 0 Å². The first-order valence-corrected chi connectivity index (χ1v) is 6.83. The summed E-state index contributed by atoms with van der Waals surface area (Å²) in [6.45, 7) is 7.05. The molecule has 24 heavy (non-hydrogen) atoms.